The van der Waals surface area contributed by atoms with Gasteiger partial charge in [-0.15, -0.1) is 0 Å². The summed E-state index contributed by atoms with van der Waals surface area (Å²) in [4.78, 5) is 16.1. The lowest BCUT2D eigenvalue weighted by Crippen LogP contribution is -2.60. The number of benzene rings is 2. The maximum absolute atomic E-state index is 15.3. The number of hydrogen-bond acceptors (Lipinski definition) is 6. The van der Waals surface area contributed by atoms with Gasteiger partial charge in [0.15, 0.2) is 11.6 Å². The third kappa shape index (κ3) is 3.67. The lowest BCUT2D eigenvalue weighted by molar-refractivity contribution is -0.433. The third-order valence-corrected chi connectivity index (χ3v) is 7.47. The van der Waals surface area contributed by atoms with E-state index in [0.717, 1.165) is 24.0 Å². The number of pyridine rings is 1. The lowest BCUT2D eigenvalue weighted by Gasteiger charge is -2.49. The average molecular weight is 484 g/mol. The molecule has 0 spiro atoms. The summed E-state index contributed by atoms with van der Waals surface area (Å²) in [5, 5.41) is 1.21. The molecule has 2 aliphatic heterocycles. The zero-order valence-corrected chi connectivity index (χ0v) is 20.6. The van der Waals surface area contributed by atoms with Crippen LogP contribution in [0.1, 0.15) is 43.2 Å². The highest BCUT2D eigenvalue weighted by molar-refractivity contribution is 5.98. The summed E-state index contributed by atoms with van der Waals surface area (Å²) in [6.45, 7) is 6.02. The van der Waals surface area contributed by atoms with E-state index < -0.39 is 23.5 Å². The molecule has 0 radical (unpaired) electrons. The van der Waals surface area contributed by atoms with E-state index in [-0.39, 0.29) is 12.2 Å². The number of nitrogens with one attached hydrogen (secondary N) is 1. The zero-order valence-electron chi connectivity index (χ0n) is 20.6. The minimum atomic E-state index is -1.27. The first-order valence-corrected chi connectivity index (χ1v) is 11.7. The maximum atomic E-state index is 15.3. The molecule has 186 valence electrons. The fraction of sp³-hybridized carbons (Fsp3) is 0.444. The van der Waals surface area contributed by atoms with Gasteiger partial charge in [0.1, 0.15) is 6.10 Å². The first-order chi connectivity index (χ1) is 16.7. The van der Waals surface area contributed by atoms with Gasteiger partial charge in [-0.2, -0.15) is 0 Å². The Morgan fingerprint density at radius 1 is 1.11 bits per heavy atom. The number of aromatic nitrogens is 1. The Hall–Kier alpha value is -2.78. The van der Waals surface area contributed by atoms with Gasteiger partial charge in [-0.3, -0.25) is 4.79 Å². The van der Waals surface area contributed by atoms with Gasteiger partial charge < -0.3 is 28.7 Å². The van der Waals surface area contributed by atoms with Crippen molar-refractivity contribution in [3.05, 3.63) is 63.3 Å². The van der Waals surface area contributed by atoms with E-state index in [1.807, 2.05) is 19.1 Å². The minimum Gasteiger partial charge on any atom is -0.490 e. The van der Waals surface area contributed by atoms with E-state index in [2.05, 4.69) is 4.98 Å². The van der Waals surface area contributed by atoms with Gasteiger partial charge in [-0.25, -0.2) is 4.39 Å². The molecule has 3 unspecified atom stereocenters. The first kappa shape index (κ1) is 23.9. The van der Waals surface area contributed by atoms with Crippen LogP contribution in [0.4, 0.5) is 4.39 Å². The molecule has 3 heterocycles. The Labute approximate surface area is 203 Å². The lowest BCUT2D eigenvalue weighted by atomic mass is 9.88. The molecular weight excluding hydrogens is 453 g/mol. The Bertz CT molecular complexity index is 1350. The van der Waals surface area contributed by atoms with Crippen LogP contribution in [-0.2, 0) is 25.4 Å². The van der Waals surface area contributed by atoms with Crippen molar-refractivity contribution in [3.8, 4) is 16.9 Å². The second kappa shape index (κ2) is 8.71. The molecule has 1 saturated heterocycles. The summed E-state index contributed by atoms with van der Waals surface area (Å²) in [6.07, 6.45) is 0.835. The van der Waals surface area contributed by atoms with Crippen LogP contribution in [0.2, 0.25) is 0 Å². The number of halogens is 1. The predicted molar refractivity (Wildman–Crippen MR) is 129 cm³/mol. The summed E-state index contributed by atoms with van der Waals surface area (Å²) in [6, 6.07) is 8.79. The molecule has 0 aliphatic carbocycles. The standard InChI is InChI=1S/C27H30FNO6/c1-15-16-11-8-12-33-24(16)20(28)13-19(15)22-17-9-6-7-10-18(17)25(30)29-23(22)21-14-34-26(2,31-4)27(3,32-5)35-21/h6-7,9-10,13,21H,8,11-12,14H2,1-5H3,(H,29,30). The van der Waals surface area contributed by atoms with Gasteiger partial charge in [0, 0.05) is 30.7 Å². The van der Waals surface area contributed by atoms with Gasteiger partial charge in [-0.05, 0) is 62.3 Å². The number of hydrogen-bond donors (Lipinski definition) is 1. The highest BCUT2D eigenvalue weighted by atomic mass is 19.1. The van der Waals surface area contributed by atoms with Crippen molar-refractivity contribution in [1.82, 2.24) is 4.98 Å². The van der Waals surface area contributed by atoms with Crippen molar-refractivity contribution < 1.29 is 28.1 Å². The fourth-order valence-electron chi connectivity index (χ4n) is 5.14. The smallest absolute Gasteiger partial charge is 0.256 e. The van der Waals surface area contributed by atoms with E-state index in [0.29, 0.717) is 39.9 Å². The zero-order chi connectivity index (χ0) is 25.0. The molecule has 1 N–H and O–H groups in total. The topological polar surface area (TPSA) is 79.0 Å². The SMILES string of the molecule is COC1(C)OCC(c2[nH]c(=O)c3ccccc3c2-c2cc(F)c3c(c2C)CCCO3)OC1(C)OC. The van der Waals surface area contributed by atoms with E-state index in [1.165, 1.54) is 20.3 Å². The van der Waals surface area contributed by atoms with E-state index >= 15 is 4.39 Å². The summed E-state index contributed by atoms with van der Waals surface area (Å²) in [5.74, 6) is -2.54. The highest BCUT2D eigenvalue weighted by Gasteiger charge is 2.54. The monoisotopic (exact) mass is 483 g/mol. The van der Waals surface area contributed by atoms with Crippen LogP contribution in [0.5, 0.6) is 5.75 Å². The Kier molecular flexibility index (Phi) is 5.96. The predicted octanol–water partition coefficient (Wildman–Crippen LogP) is 4.78. The van der Waals surface area contributed by atoms with E-state index in [1.54, 1.807) is 26.0 Å². The van der Waals surface area contributed by atoms with E-state index in [9.17, 15) is 4.79 Å². The van der Waals surface area contributed by atoms with Crippen molar-refractivity contribution in [2.45, 2.75) is 51.3 Å². The van der Waals surface area contributed by atoms with Crippen LogP contribution in [0.15, 0.2) is 35.1 Å². The fourth-order valence-corrected chi connectivity index (χ4v) is 5.14. The first-order valence-electron chi connectivity index (χ1n) is 11.7. The van der Waals surface area contributed by atoms with Crippen molar-refractivity contribution >= 4 is 10.8 Å². The van der Waals surface area contributed by atoms with E-state index in [4.69, 9.17) is 23.7 Å². The summed E-state index contributed by atoms with van der Waals surface area (Å²) >= 11 is 0. The molecule has 7 nitrogen and oxygen atoms in total. The van der Waals surface area contributed by atoms with Gasteiger partial charge >= 0.3 is 0 Å². The number of H-pyrrole nitrogens is 1. The number of ether oxygens (including phenoxy) is 5. The molecular formula is C27H30FNO6. The van der Waals surface area contributed by atoms with Gasteiger partial charge in [-0.1, -0.05) is 18.2 Å². The second-order valence-electron chi connectivity index (χ2n) is 9.30. The van der Waals surface area contributed by atoms with Crippen molar-refractivity contribution in [2.24, 2.45) is 0 Å². The van der Waals surface area contributed by atoms with Crippen LogP contribution in [0.3, 0.4) is 0 Å². The largest absolute Gasteiger partial charge is 0.490 e. The summed E-state index contributed by atoms with van der Waals surface area (Å²) < 4.78 is 44.7. The Morgan fingerprint density at radius 3 is 2.54 bits per heavy atom. The maximum Gasteiger partial charge on any atom is 0.256 e. The normalized spacial score (nSPS) is 26.4. The third-order valence-electron chi connectivity index (χ3n) is 7.47. The molecule has 5 rings (SSSR count). The Morgan fingerprint density at radius 2 is 1.83 bits per heavy atom. The molecule has 1 fully saturated rings. The van der Waals surface area contributed by atoms with Crippen molar-refractivity contribution in [2.75, 3.05) is 27.4 Å². The number of rotatable bonds is 4. The van der Waals surface area contributed by atoms with Crippen LogP contribution in [0, 0.1) is 12.7 Å². The highest BCUT2D eigenvalue weighted by Crippen LogP contribution is 2.45. The molecule has 8 heteroatoms. The molecule has 3 aromatic rings. The number of fused-ring (bicyclic) bond motifs is 2. The molecule has 2 aromatic carbocycles. The molecule has 0 amide bonds. The molecule has 2 aliphatic rings. The van der Waals surface area contributed by atoms with Crippen molar-refractivity contribution in [3.63, 3.8) is 0 Å². The van der Waals surface area contributed by atoms with Crippen LogP contribution >= 0.6 is 0 Å². The molecule has 0 bridgehead atoms. The molecule has 0 saturated carbocycles. The molecule has 35 heavy (non-hydrogen) atoms. The summed E-state index contributed by atoms with van der Waals surface area (Å²) in [7, 11) is 3.03. The number of aromatic amines is 1. The minimum absolute atomic E-state index is 0.0974. The summed E-state index contributed by atoms with van der Waals surface area (Å²) in [5.41, 5.74) is 3.36. The second-order valence-corrected chi connectivity index (χ2v) is 9.30. The average Bonchev–Trinajstić information content (AvgIpc) is 2.88. The Balaban J connectivity index is 1.76. The van der Waals surface area contributed by atoms with Gasteiger partial charge in [0.05, 0.1) is 18.9 Å². The van der Waals surface area contributed by atoms with Gasteiger partial charge in [0.2, 0.25) is 11.6 Å². The molecule has 3 atom stereocenters. The van der Waals surface area contributed by atoms with Crippen molar-refractivity contribution in [1.29, 1.82) is 0 Å². The molecule has 1 aromatic heterocycles. The number of methoxy groups -OCH3 is 2. The van der Waals surface area contributed by atoms with Gasteiger partial charge in [0.25, 0.3) is 5.56 Å². The van der Waals surface area contributed by atoms with Crippen LogP contribution < -0.4 is 10.3 Å². The van der Waals surface area contributed by atoms with Crippen LogP contribution in [0.25, 0.3) is 21.9 Å². The van der Waals surface area contributed by atoms with Crippen LogP contribution in [-0.4, -0.2) is 44.0 Å². The quantitative estimate of drug-likeness (QED) is 0.575.